The fourth-order valence-electron chi connectivity index (χ4n) is 1.89. The molecule has 0 aliphatic carbocycles. The van der Waals surface area contributed by atoms with Crippen molar-refractivity contribution in [2.24, 2.45) is 0 Å². The summed E-state index contributed by atoms with van der Waals surface area (Å²) in [5.41, 5.74) is 5.00. The van der Waals surface area contributed by atoms with Crippen LogP contribution in [0.15, 0.2) is 30.3 Å². The maximum atomic E-state index is 13.2. The van der Waals surface area contributed by atoms with Crippen LogP contribution in [0.4, 0.5) is 10.1 Å². The maximum Gasteiger partial charge on any atom is 0.123 e. The molecule has 0 aliphatic rings. The summed E-state index contributed by atoms with van der Waals surface area (Å²) in [6, 6.07) is 8.82. The third kappa shape index (κ3) is 2.86. The van der Waals surface area contributed by atoms with Gasteiger partial charge >= 0.3 is 0 Å². The molecule has 2 aromatic rings. The largest absolute Gasteiger partial charge is 0.379 e. The Labute approximate surface area is 107 Å². The van der Waals surface area contributed by atoms with Crippen LogP contribution in [0.2, 0.25) is 0 Å². The van der Waals surface area contributed by atoms with Gasteiger partial charge in [0.15, 0.2) is 0 Å². The Morgan fingerprint density at radius 2 is 1.89 bits per heavy atom. The fourth-order valence-corrected chi connectivity index (χ4v) is 1.89. The molecule has 0 spiro atoms. The number of anilines is 1. The molecule has 94 valence electrons. The number of nitrogens with zero attached hydrogens (tertiary/aromatic N) is 1. The Morgan fingerprint density at radius 1 is 1.11 bits per heavy atom. The molecular weight excluding hydrogens is 227 g/mol. The number of rotatable bonds is 3. The molecule has 2 rings (SSSR count). The Kier molecular flexibility index (Phi) is 3.60. The zero-order chi connectivity index (χ0) is 13.1. The number of aromatic nitrogens is 1. The molecule has 2 nitrogen and oxygen atoms in total. The van der Waals surface area contributed by atoms with E-state index in [1.54, 1.807) is 12.1 Å². The summed E-state index contributed by atoms with van der Waals surface area (Å²) >= 11 is 0. The molecule has 0 saturated carbocycles. The van der Waals surface area contributed by atoms with Gasteiger partial charge in [-0.3, -0.25) is 4.98 Å². The quantitative estimate of drug-likeness (QED) is 0.889. The lowest BCUT2D eigenvalue weighted by atomic mass is 10.1. The monoisotopic (exact) mass is 244 g/mol. The maximum absolute atomic E-state index is 13.2. The van der Waals surface area contributed by atoms with Crippen LogP contribution in [-0.2, 0) is 6.54 Å². The summed E-state index contributed by atoms with van der Waals surface area (Å²) in [6.45, 7) is 6.52. The van der Waals surface area contributed by atoms with E-state index in [0.29, 0.717) is 6.54 Å². The van der Waals surface area contributed by atoms with Crippen LogP contribution in [-0.4, -0.2) is 4.98 Å². The Hall–Kier alpha value is -1.90. The van der Waals surface area contributed by atoms with Crippen molar-refractivity contribution in [1.29, 1.82) is 0 Å². The molecule has 0 saturated heterocycles. The molecule has 0 bridgehead atoms. The first-order chi connectivity index (χ1) is 8.56. The van der Waals surface area contributed by atoms with Gasteiger partial charge in [0.2, 0.25) is 0 Å². The van der Waals surface area contributed by atoms with Crippen LogP contribution in [0.25, 0.3) is 0 Å². The number of hydrogen-bond donors (Lipinski definition) is 1. The molecule has 0 amide bonds. The summed E-state index contributed by atoms with van der Waals surface area (Å²) in [5.74, 6) is -0.198. The molecule has 1 aromatic heterocycles. The van der Waals surface area contributed by atoms with Crippen LogP contribution >= 0.6 is 0 Å². The van der Waals surface area contributed by atoms with Gasteiger partial charge in [0, 0.05) is 12.2 Å². The Balaban J connectivity index is 2.13. The van der Waals surface area contributed by atoms with E-state index in [0.717, 1.165) is 28.2 Å². The van der Waals surface area contributed by atoms with Crippen molar-refractivity contribution in [2.75, 3.05) is 5.32 Å². The van der Waals surface area contributed by atoms with Crippen molar-refractivity contribution >= 4 is 5.69 Å². The molecule has 0 aliphatic heterocycles. The van der Waals surface area contributed by atoms with Gasteiger partial charge in [0.1, 0.15) is 5.82 Å². The van der Waals surface area contributed by atoms with Crippen molar-refractivity contribution in [3.63, 3.8) is 0 Å². The average Bonchev–Trinajstić information content (AvgIpc) is 2.32. The van der Waals surface area contributed by atoms with Gasteiger partial charge in [-0.25, -0.2) is 4.39 Å². The van der Waals surface area contributed by atoms with Crippen molar-refractivity contribution in [3.05, 3.63) is 58.7 Å². The van der Waals surface area contributed by atoms with E-state index in [4.69, 9.17) is 0 Å². The molecule has 0 radical (unpaired) electrons. The summed E-state index contributed by atoms with van der Waals surface area (Å²) in [7, 11) is 0. The van der Waals surface area contributed by atoms with E-state index in [1.807, 2.05) is 32.9 Å². The number of aryl methyl sites for hydroxylation is 3. The van der Waals surface area contributed by atoms with Gasteiger partial charge in [0.05, 0.1) is 11.4 Å². The smallest absolute Gasteiger partial charge is 0.123 e. The first kappa shape index (κ1) is 12.6. The minimum atomic E-state index is -0.198. The summed E-state index contributed by atoms with van der Waals surface area (Å²) in [4.78, 5) is 4.39. The highest BCUT2D eigenvalue weighted by Crippen LogP contribution is 2.16. The second-order valence-corrected chi connectivity index (χ2v) is 4.51. The van der Waals surface area contributed by atoms with Gasteiger partial charge in [-0.2, -0.15) is 0 Å². The lowest BCUT2D eigenvalue weighted by molar-refractivity contribution is 0.625. The molecule has 0 fully saturated rings. The van der Waals surface area contributed by atoms with Crippen molar-refractivity contribution in [2.45, 2.75) is 27.3 Å². The van der Waals surface area contributed by atoms with Gasteiger partial charge in [0.25, 0.3) is 0 Å². The van der Waals surface area contributed by atoms with Crippen molar-refractivity contribution in [1.82, 2.24) is 4.98 Å². The number of halogens is 1. The van der Waals surface area contributed by atoms with E-state index >= 15 is 0 Å². The SMILES string of the molecule is Cc1ccc(NCc2cc(F)ccc2C)c(C)n1. The normalized spacial score (nSPS) is 10.4. The average molecular weight is 244 g/mol. The minimum absolute atomic E-state index is 0.198. The first-order valence-corrected chi connectivity index (χ1v) is 5.99. The van der Waals surface area contributed by atoms with Gasteiger partial charge in [-0.05, 0) is 56.2 Å². The van der Waals surface area contributed by atoms with Gasteiger partial charge in [-0.15, -0.1) is 0 Å². The minimum Gasteiger partial charge on any atom is -0.379 e. The highest BCUT2D eigenvalue weighted by molar-refractivity contribution is 5.48. The molecule has 0 unspecified atom stereocenters. The number of pyridine rings is 1. The van der Waals surface area contributed by atoms with E-state index in [9.17, 15) is 4.39 Å². The lowest BCUT2D eigenvalue weighted by Gasteiger charge is -2.11. The van der Waals surface area contributed by atoms with Crippen LogP contribution in [0.3, 0.4) is 0 Å². The molecule has 1 aromatic carbocycles. The zero-order valence-electron chi connectivity index (χ0n) is 10.9. The predicted octanol–water partition coefficient (Wildman–Crippen LogP) is 3.76. The Morgan fingerprint density at radius 3 is 2.61 bits per heavy atom. The summed E-state index contributed by atoms with van der Waals surface area (Å²) in [5, 5.41) is 3.30. The predicted molar refractivity (Wildman–Crippen MR) is 72.2 cm³/mol. The van der Waals surface area contributed by atoms with Crippen molar-refractivity contribution < 1.29 is 4.39 Å². The Bertz CT molecular complexity index is 564. The summed E-state index contributed by atoms with van der Waals surface area (Å²) in [6.07, 6.45) is 0. The third-order valence-electron chi connectivity index (χ3n) is 3.01. The van der Waals surface area contributed by atoms with E-state index in [1.165, 1.54) is 6.07 Å². The topological polar surface area (TPSA) is 24.9 Å². The molecule has 3 heteroatoms. The first-order valence-electron chi connectivity index (χ1n) is 5.99. The van der Waals surface area contributed by atoms with Crippen LogP contribution < -0.4 is 5.32 Å². The number of benzene rings is 1. The molecular formula is C15H17FN2. The molecule has 18 heavy (non-hydrogen) atoms. The summed E-state index contributed by atoms with van der Waals surface area (Å²) < 4.78 is 13.2. The highest BCUT2D eigenvalue weighted by atomic mass is 19.1. The third-order valence-corrected chi connectivity index (χ3v) is 3.01. The lowest BCUT2D eigenvalue weighted by Crippen LogP contribution is -2.04. The fraction of sp³-hybridized carbons (Fsp3) is 0.267. The number of hydrogen-bond acceptors (Lipinski definition) is 2. The second kappa shape index (κ2) is 5.17. The molecule has 1 N–H and O–H groups in total. The van der Waals surface area contributed by atoms with E-state index in [2.05, 4.69) is 10.3 Å². The van der Waals surface area contributed by atoms with Gasteiger partial charge in [-0.1, -0.05) is 6.07 Å². The van der Waals surface area contributed by atoms with Crippen molar-refractivity contribution in [3.8, 4) is 0 Å². The van der Waals surface area contributed by atoms with Gasteiger partial charge < -0.3 is 5.32 Å². The zero-order valence-corrected chi connectivity index (χ0v) is 10.9. The van der Waals surface area contributed by atoms with Crippen LogP contribution in [0, 0.1) is 26.6 Å². The molecule has 1 heterocycles. The standard InChI is InChI=1S/C15H17FN2/c1-10-4-6-14(16)8-13(10)9-17-15-7-5-11(2)18-12(15)3/h4-8,17H,9H2,1-3H3. The van der Waals surface area contributed by atoms with E-state index < -0.39 is 0 Å². The molecule has 0 atom stereocenters. The number of nitrogens with one attached hydrogen (secondary N) is 1. The highest BCUT2D eigenvalue weighted by Gasteiger charge is 2.03. The van der Waals surface area contributed by atoms with E-state index in [-0.39, 0.29) is 5.82 Å². The van der Waals surface area contributed by atoms with Crippen LogP contribution in [0.1, 0.15) is 22.5 Å². The van der Waals surface area contributed by atoms with Crippen LogP contribution in [0.5, 0.6) is 0 Å². The second-order valence-electron chi connectivity index (χ2n) is 4.51.